The lowest BCUT2D eigenvalue weighted by molar-refractivity contribution is -0.0150. The molecule has 1 N–H and O–H groups in total. The van der Waals surface area contributed by atoms with Crippen molar-refractivity contribution in [3.8, 4) is 0 Å². The Balaban J connectivity index is 2.65. The van der Waals surface area contributed by atoms with Crippen LogP contribution in [0.1, 0.15) is 46.5 Å². The van der Waals surface area contributed by atoms with Crippen LogP contribution in [0.5, 0.6) is 0 Å². The molecule has 1 heterocycles. The maximum Gasteiger partial charge on any atom is 0.0589 e. The highest BCUT2D eigenvalue weighted by molar-refractivity contribution is 4.88. The zero-order valence-electron chi connectivity index (χ0n) is 14.6. The van der Waals surface area contributed by atoms with Crippen molar-refractivity contribution in [3.05, 3.63) is 0 Å². The maximum absolute atomic E-state index is 5.61. The summed E-state index contributed by atoms with van der Waals surface area (Å²) in [6.07, 6.45) is 4.73. The first-order valence-electron chi connectivity index (χ1n) is 8.69. The molecule has 1 atom stereocenters. The summed E-state index contributed by atoms with van der Waals surface area (Å²) in [6.45, 7) is 13.9. The van der Waals surface area contributed by atoms with Gasteiger partial charge >= 0.3 is 0 Å². The largest absolute Gasteiger partial charge is 0.383 e. The Kier molecular flexibility index (Phi) is 9.49. The number of hydrogen-bond donors (Lipinski definition) is 1. The van der Waals surface area contributed by atoms with Crippen molar-refractivity contribution in [3.63, 3.8) is 0 Å². The van der Waals surface area contributed by atoms with Gasteiger partial charge in [-0.25, -0.2) is 0 Å². The predicted octanol–water partition coefficient (Wildman–Crippen LogP) is 2.53. The number of rotatable bonds is 11. The van der Waals surface area contributed by atoms with Crippen LogP contribution in [-0.2, 0) is 9.47 Å². The monoisotopic (exact) mass is 300 g/mol. The van der Waals surface area contributed by atoms with Gasteiger partial charge in [0.25, 0.3) is 0 Å². The van der Waals surface area contributed by atoms with E-state index in [2.05, 4.69) is 31.0 Å². The van der Waals surface area contributed by atoms with Crippen molar-refractivity contribution in [2.45, 2.75) is 52.5 Å². The Hall–Kier alpha value is -0.160. The van der Waals surface area contributed by atoms with E-state index in [4.69, 9.17) is 9.47 Å². The predicted molar refractivity (Wildman–Crippen MR) is 88.8 cm³/mol. The molecule has 126 valence electrons. The molecular formula is C17H36N2O2. The molecule has 1 aliphatic rings. The van der Waals surface area contributed by atoms with Crippen LogP contribution in [0.3, 0.4) is 0 Å². The van der Waals surface area contributed by atoms with Gasteiger partial charge < -0.3 is 14.8 Å². The molecule has 1 rings (SSSR count). The van der Waals surface area contributed by atoms with Gasteiger partial charge in [0.2, 0.25) is 0 Å². The van der Waals surface area contributed by atoms with Gasteiger partial charge in [0.15, 0.2) is 0 Å². The SMILES string of the molecule is CCCNCC1(CN(CCOC)C(C)CC)CCOCC1. The lowest BCUT2D eigenvalue weighted by Crippen LogP contribution is -2.50. The summed E-state index contributed by atoms with van der Waals surface area (Å²) in [5.41, 5.74) is 0.366. The van der Waals surface area contributed by atoms with E-state index in [9.17, 15) is 0 Å². The quantitative estimate of drug-likeness (QED) is 0.595. The zero-order chi connectivity index (χ0) is 15.6. The van der Waals surface area contributed by atoms with Crippen LogP contribution >= 0.6 is 0 Å². The van der Waals surface area contributed by atoms with E-state index >= 15 is 0 Å². The van der Waals surface area contributed by atoms with Crippen LogP contribution in [-0.4, -0.2) is 64.1 Å². The molecule has 4 heteroatoms. The highest BCUT2D eigenvalue weighted by Gasteiger charge is 2.34. The standard InChI is InChI=1S/C17H36N2O2/c1-5-9-18-14-17(7-11-21-12-8-17)15-19(10-13-20-4)16(3)6-2/h16,18H,5-15H2,1-4H3. The Morgan fingerprint density at radius 1 is 1.29 bits per heavy atom. The lowest BCUT2D eigenvalue weighted by atomic mass is 9.79. The molecule has 1 unspecified atom stereocenters. The van der Waals surface area contributed by atoms with Crippen LogP contribution in [0, 0.1) is 5.41 Å². The summed E-state index contributed by atoms with van der Waals surface area (Å²) in [5, 5.41) is 3.65. The number of ether oxygens (including phenoxy) is 2. The van der Waals surface area contributed by atoms with Gasteiger partial charge in [-0.1, -0.05) is 13.8 Å². The average Bonchev–Trinajstić information content (AvgIpc) is 2.52. The van der Waals surface area contributed by atoms with Crippen LogP contribution in [0.15, 0.2) is 0 Å². The van der Waals surface area contributed by atoms with Gasteiger partial charge in [-0.05, 0) is 44.6 Å². The first kappa shape index (κ1) is 18.9. The molecular weight excluding hydrogens is 264 g/mol. The van der Waals surface area contributed by atoms with Crippen molar-refractivity contribution in [1.29, 1.82) is 0 Å². The maximum atomic E-state index is 5.61. The molecule has 4 nitrogen and oxygen atoms in total. The minimum absolute atomic E-state index is 0.366. The fourth-order valence-corrected chi connectivity index (χ4v) is 3.08. The minimum Gasteiger partial charge on any atom is -0.383 e. The van der Waals surface area contributed by atoms with E-state index in [1.165, 1.54) is 25.7 Å². The van der Waals surface area contributed by atoms with Gasteiger partial charge in [-0.15, -0.1) is 0 Å². The van der Waals surface area contributed by atoms with E-state index in [-0.39, 0.29) is 0 Å². The summed E-state index contributed by atoms with van der Waals surface area (Å²) < 4.78 is 10.9. The van der Waals surface area contributed by atoms with Crippen molar-refractivity contribution < 1.29 is 9.47 Å². The number of methoxy groups -OCH3 is 1. The van der Waals surface area contributed by atoms with Gasteiger partial charge in [-0.3, -0.25) is 4.90 Å². The fraction of sp³-hybridized carbons (Fsp3) is 1.00. The van der Waals surface area contributed by atoms with Crippen molar-refractivity contribution in [1.82, 2.24) is 10.2 Å². The molecule has 0 aromatic carbocycles. The van der Waals surface area contributed by atoms with Crippen molar-refractivity contribution in [2.75, 3.05) is 53.1 Å². The highest BCUT2D eigenvalue weighted by Crippen LogP contribution is 2.31. The molecule has 0 saturated carbocycles. The molecule has 0 aromatic rings. The summed E-state index contributed by atoms with van der Waals surface area (Å²) in [6, 6.07) is 0.617. The average molecular weight is 300 g/mol. The first-order valence-corrected chi connectivity index (χ1v) is 8.69. The van der Waals surface area contributed by atoms with Gasteiger partial charge in [-0.2, -0.15) is 0 Å². The summed E-state index contributed by atoms with van der Waals surface area (Å²) in [4.78, 5) is 2.61. The minimum atomic E-state index is 0.366. The van der Waals surface area contributed by atoms with E-state index in [1.54, 1.807) is 7.11 Å². The number of hydrogen-bond acceptors (Lipinski definition) is 4. The third-order valence-electron chi connectivity index (χ3n) is 4.82. The number of nitrogens with one attached hydrogen (secondary N) is 1. The van der Waals surface area contributed by atoms with E-state index in [0.29, 0.717) is 11.5 Å². The Morgan fingerprint density at radius 3 is 2.57 bits per heavy atom. The zero-order valence-corrected chi connectivity index (χ0v) is 14.6. The molecule has 0 aliphatic carbocycles. The van der Waals surface area contributed by atoms with Crippen molar-refractivity contribution >= 4 is 0 Å². The molecule has 0 amide bonds. The third-order valence-corrected chi connectivity index (χ3v) is 4.82. The van der Waals surface area contributed by atoms with Crippen LogP contribution in [0.25, 0.3) is 0 Å². The molecule has 1 aliphatic heterocycles. The smallest absolute Gasteiger partial charge is 0.0589 e. The van der Waals surface area contributed by atoms with Crippen LogP contribution < -0.4 is 5.32 Å². The summed E-state index contributed by atoms with van der Waals surface area (Å²) in [5.74, 6) is 0. The second-order valence-electron chi connectivity index (χ2n) is 6.51. The molecule has 1 saturated heterocycles. The first-order chi connectivity index (χ1) is 10.2. The molecule has 0 bridgehead atoms. The third kappa shape index (κ3) is 6.64. The normalized spacial score (nSPS) is 19.9. The Morgan fingerprint density at radius 2 is 2.00 bits per heavy atom. The second-order valence-corrected chi connectivity index (χ2v) is 6.51. The fourth-order valence-electron chi connectivity index (χ4n) is 3.08. The summed E-state index contributed by atoms with van der Waals surface area (Å²) >= 11 is 0. The second kappa shape index (κ2) is 10.5. The van der Waals surface area contributed by atoms with Crippen molar-refractivity contribution in [2.24, 2.45) is 5.41 Å². The molecule has 0 radical (unpaired) electrons. The molecule has 1 fully saturated rings. The van der Waals surface area contributed by atoms with E-state index in [1.807, 2.05) is 0 Å². The van der Waals surface area contributed by atoms with Crippen LogP contribution in [0.4, 0.5) is 0 Å². The van der Waals surface area contributed by atoms with E-state index < -0.39 is 0 Å². The lowest BCUT2D eigenvalue weighted by Gasteiger charge is -2.43. The van der Waals surface area contributed by atoms with E-state index in [0.717, 1.165) is 46.0 Å². The topological polar surface area (TPSA) is 33.7 Å². The molecule has 0 spiro atoms. The Bertz CT molecular complexity index is 255. The van der Waals surface area contributed by atoms with Gasteiger partial charge in [0.1, 0.15) is 0 Å². The number of nitrogens with zero attached hydrogens (tertiary/aromatic N) is 1. The van der Waals surface area contributed by atoms with Gasteiger partial charge in [0.05, 0.1) is 6.61 Å². The Labute approximate surface area is 131 Å². The van der Waals surface area contributed by atoms with Gasteiger partial charge in [0, 0.05) is 46.0 Å². The molecule has 0 aromatic heterocycles. The van der Waals surface area contributed by atoms with Crippen LogP contribution in [0.2, 0.25) is 0 Å². The highest BCUT2D eigenvalue weighted by atomic mass is 16.5. The molecule has 21 heavy (non-hydrogen) atoms. The summed E-state index contributed by atoms with van der Waals surface area (Å²) in [7, 11) is 1.79.